The first-order valence-corrected chi connectivity index (χ1v) is 14.1. The predicted octanol–water partition coefficient (Wildman–Crippen LogP) is 7.89. The van der Waals surface area contributed by atoms with Crippen molar-refractivity contribution in [2.75, 3.05) is 0 Å². The Kier molecular flexibility index (Phi) is 8.44. The van der Waals surface area contributed by atoms with Crippen molar-refractivity contribution >= 4 is 17.8 Å². The highest BCUT2D eigenvalue weighted by Crippen LogP contribution is 2.54. The molecule has 0 radical (unpaired) electrons. The SMILES string of the molecule is CCCCC(C(N)=O)(c1cccc(C=CC(=O)CCc2ccc(F)cc2)c1)C1c2ccccc2Oc2ccccc21. The number of carbonyl (C=O) groups excluding carboxylic acids is 2. The van der Waals surface area contributed by atoms with E-state index in [1.807, 2.05) is 72.8 Å². The van der Waals surface area contributed by atoms with Crippen molar-refractivity contribution in [1.82, 2.24) is 0 Å². The number of ether oxygens (including phenoxy) is 1. The summed E-state index contributed by atoms with van der Waals surface area (Å²) in [6, 6.07) is 29.7. The highest BCUT2D eigenvalue weighted by molar-refractivity contribution is 5.94. The molecule has 0 aliphatic carbocycles. The van der Waals surface area contributed by atoms with Gasteiger partial charge in [-0.25, -0.2) is 4.39 Å². The second kappa shape index (κ2) is 12.3. The second-order valence-corrected chi connectivity index (χ2v) is 10.6. The summed E-state index contributed by atoms with van der Waals surface area (Å²) in [7, 11) is 0. The maximum atomic E-state index is 13.8. The molecular formula is C36H34FNO3. The zero-order valence-electron chi connectivity index (χ0n) is 23.2. The van der Waals surface area contributed by atoms with E-state index < -0.39 is 5.41 Å². The lowest BCUT2D eigenvalue weighted by Gasteiger charge is -2.42. The van der Waals surface area contributed by atoms with Gasteiger partial charge in [0.05, 0.1) is 5.41 Å². The fourth-order valence-electron chi connectivity index (χ4n) is 5.87. The number of nitrogens with two attached hydrogens (primary N) is 1. The van der Waals surface area contributed by atoms with Crippen molar-refractivity contribution in [3.05, 3.63) is 137 Å². The van der Waals surface area contributed by atoms with Crippen LogP contribution in [0.3, 0.4) is 0 Å². The van der Waals surface area contributed by atoms with Crippen LogP contribution in [0.15, 0.2) is 103 Å². The van der Waals surface area contributed by atoms with Gasteiger partial charge in [-0.1, -0.05) is 98.6 Å². The highest BCUT2D eigenvalue weighted by atomic mass is 19.1. The van der Waals surface area contributed by atoms with Crippen molar-refractivity contribution in [3.63, 3.8) is 0 Å². The number of ketones is 1. The second-order valence-electron chi connectivity index (χ2n) is 10.6. The molecule has 1 aliphatic heterocycles. The molecule has 5 rings (SSSR count). The summed E-state index contributed by atoms with van der Waals surface area (Å²) in [5.41, 5.74) is 9.75. The lowest BCUT2D eigenvalue weighted by atomic mass is 9.61. The van der Waals surface area contributed by atoms with Crippen LogP contribution in [0.2, 0.25) is 0 Å². The van der Waals surface area contributed by atoms with Gasteiger partial charge in [0, 0.05) is 23.5 Å². The quantitative estimate of drug-likeness (QED) is 0.194. The minimum atomic E-state index is -1.04. The van der Waals surface area contributed by atoms with E-state index in [4.69, 9.17) is 10.5 Å². The van der Waals surface area contributed by atoms with Crippen molar-refractivity contribution in [3.8, 4) is 11.5 Å². The van der Waals surface area contributed by atoms with Crippen LogP contribution >= 0.6 is 0 Å². The Bertz CT molecular complexity index is 1530. The first-order valence-electron chi connectivity index (χ1n) is 14.1. The molecule has 0 saturated carbocycles. The molecule has 0 fully saturated rings. The Balaban J connectivity index is 1.52. The van der Waals surface area contributed by atoms with Crippen LogP contribution in [0, 0.1) is 5.82 Å². The zero-order valence-corrected chi connectivity index (χ0v) is 23.2. The molecule has 0 spiro atoms. The molecule has 4 aromatic rings. The number of carbonyl (C=O) groups is 2. The molecule has 0 saturated heterocycles. The van der Waals surface area contributed by atoms with Crippen molar-refractivity contribution in [2.24, 2.45) is 5.73 Å². The van der Waals surface area contributed by atoms with Gasteiger partial charge in [0.2, 0.25) is 5.91 Å². The Morgan fingerprint density at radius 1 is 0.902 bits per heavy atom. The maximum Gasteiger partial charge on any atom is 0.229 e. The summed E-state index contributed by atoms with van der Waals surface area (Å²) < 4.78 is 19.4. The third-order valence-electron chi connectivity index (χ3n) is 7.97. The predicted molar refractivity (Wildman–Crippen MR) is 160 cm³/mol. The van der Waals surface area contributed by atoms with E-state index in [1.165, 1.54) is 12.1 Å². The van der Waals surface area contributed by atoms with Gasteiger partial charge in [0.1, 0.15) is 17.3 Å². The number of unbranched alkanes of at least 4 members (excludes halogenated alkanes) is 1. The number of fused-ring (bicyclic) bond motifs is 2. The van der Waals surface area contributed by atoms with E-state index in [2.05, 4.69) is 6.92 Å². The number of primary amides is 1. The van der Waals surface area contributed by atoms with Crippen molar-refractivity contribution in [2.45, 2.75) is 50.4 Å². The third-order valence-corrected chi connectivity index (χ3v) is 7.97. The largest absolute Gasteiger partial charge is 0.457 e. The van der Waals surface area contributed by atoms with Gasteiger partial charge in [-0.2, -0.15) is 0 Å². The number of hydrogen-bond acceptors (Lipinski definition) is 3. The molecular weight excluding hydrogens is 513 g/mol. The normalized spacial score (nSPS) is 14.1. The minimum Gasteiger partial charge on any atom is -0.457 e. The van der Waals surface area contributed by atoms with Crippen LogP contribution in [-0.2, 0) is 21.4 Å². The molecule has 1 heterocycles. The summed E-state index contributed by atoms with van der Waals surface area (Å²) in [6.45, 7) is 2.11. The molecule has 1 atom stereocenters. The summed E-state index contributed by atoms with van der Waals surface area (Å²) in [4.78, 5) is 26.4. The number of aryl methyl sites for hydroxylation is 1. The van der Waals surface area contributed by atoms with Crippen molar-refractivity contribution in [1.29, 1.82) is 0 Å². The molecule has 5 heteroatoms. The number of amides is 1. The molecule has 41 heavy (non-hydrogen) atoms. The summed E-state index contributed by atoms with van der Waals surface area (Å²) in [6.07, 6.45) is 6.49. The van der Waals surface area contributed by atoms with Crippen LogP contribution in [-0.4, -0.2) is 11.7 Å². The number of halogens is 1. The molecule has 0 aromatic heterocycles. The number of rotatable bonds is 11. The number of para-hydroxylation sites is 2. The van der Waals surface area contributed by atoms with Crippen LogP contribution in [0.1, 0.15) is 66.3 Å². The molecule has 4 nitrogen and oxygen atoms in total. The Morgan fingerprint density at radius 3 is 2.20 bits per heavy atom. The monoisotopic (exact) mass is 547 g/mol. The van der Waals surface area contributed by atoms with E-state index in [0.29, 0.717) is 19.3 Å². The fraction of sp³-hybridized carbons (Fsp3) is 0.222. The topological polar surface area (TPSA) is 69.4 Å². The van der Waals surface area contributed by atoms with Gasteiger partial charge >= 0.3 is 0 Å². The van der Waals surface area contributed by atoms with E-state index in [0.717, 1.165) is 52.2 Å². The zero-order chi connectivity index (χ0) is 28.8. The summed E-state index contributed by atoms with van der Waals surface area (Å²) >= 11 is 0. The van der Waals surface area contributed by atoms with Crippen molar-refractivity contribution < 1.29 is 18.7 Å². The maximum absolute atomic E-state index is 13.8. The minimum absolute atomic E-state index is 0.0286. The average Bonchev–Trinajstić information content (AvgIpc) is 2.99. The van der Waals surface area contributed by atoms with Crippen LogP contribution < -0.4 is 10.5 Å². The molecule has 1 amide bonds. The molecule has 208 valence electrons. The highest BCUT2D eigenvalue weighted by Gasteiger charge is 2.50. The van der Waals surface area contributed by atoms with Crippen LogP contribution in [0.5, 0.6) is 11.5 Å². The Hall–Kier alpha value is -4.51. The standard InChI is InChI=1S/C36H34FNO3/c1-2-3-23-36(35(38)40,34-30-11-4-6-13-32(30)41-33-14-7-5-12-31(33)34)27-10-8-9-26(24-27)18-22-29(39)21-17-25-15-19-28(37)20-16-25/h4-16,18-20,22,24,34H,2-3,17,21,23H2,1H3,(H2,38,40). The van der Waals surface area contributed by atoms with Crippen LogP contribution in [0.4, 0.5) is 4.39 Å². The van der Waals surface area contributed by atoms with Gasteiger partial charge in [-0.05, 0) is 59.9 Å². The van der Waals surface area contributed by atoms with Gasteiger partial charge in [0.15, 0.2) is 5.78 Å². The Morgan fingerprint density at radius 2 is 1.56 bits per heavy atom. The number of benzene rings is 4. The number of allylic oxidation sites excluding steroid dienone is 1. The van der Waals surface area contributed by atoms with Crippen LogP contribution in [0.25, 0.3) is 6.08 Å². The lowest BCUT2D eigenvalue weighted by molar-refractivity contribution is -0.124. The summed E-state index contributed by atoms with van der Waals surface area (Å²) in [5.74, 6) is 0.392. The Labute approximate surface area is 240 Å². The first-order chi connectivity index (χ1) is 19.9. The van der Waals surface area contributed by atoms with Gasteiger partial charge in [0.25, 0.3) is 0 Å². The fourth-order valence-corrected chi connectivity index (χ4v) is 5.87. The first kappa shape index (κ1) is 28.0. The van der Waals surface area contributed by atoms with E-state index in [9.17, 15) is 14.0 Å². The smallest absolute Gasteiger partial charge is 0.229 e. The van der Waals surface area contributed by atoms with E-state index >= 15 is 0 Å². The summed E-state index contributed by atoms with van der Waals surface area (Å²) in [5, 5.41) is 0. The van der Waals surface area contributed by atoms with E-state index in [1.54, 1.807) is 24.3 Å². The van der Waals surface area contributed by atoms with Gasteiger partial charge < -0.3 is 10.5 Å². The average molecular weight is 548 g/mol. The number of hydrogen-bond donors (Lipinski definition) is 1. The third kappa shape index (κ3) is 5.85. The molecule has 0 bridgehead atoms. The molecule has 1 aliphatic rings. The molecule has 2 N–H and O–H groups in total. The van der Waals surface area contributed by atoms with Gasteiger partial charge in [-0.3, -0.25) is 9.59 Å². The molecule has 4 aromatic carbocycles. The van der Waals surface area contributed by atoms with Gasteiger partial charge in [-0.15, -0.1) is 0 Å². The van der Waals surface area contributed by atoms with E-state index in [-0.39, 0.29) is 23.4 Å². The lowest BCUT2D eigenvalue weighted by Crippen LogP contribution is -2.47. The molecule has 1 unspecified atom stereocenters.